The number of amides is 4. The fourth-order valence-corrected chi connectivity index (χ4v) is 2.78. The molecular weight excluding hydrogens is 334 g/mol. The van der Waals surface area contributed by atoms with Crippen LogP contribution >= 0.6 is 0 Å². The van der Waals surface area contributed by atoms with E-state index in [1.54, 1.807) is 49.8 Å². The van der Waals surface area contributed by atoms with E-state index in [-0.39, 0.29) is 0 Å². The average molecular weight is 353 g/mol. The first kappa shape index (κ1) is 17.5. The molecule has 3 rings (SSSR count). The molecule has 4 amide bonds. The second-order valence-electron chi connectivity index (χ2n) is 5.91. The van der Waals surface area contributed by atoms with E-state index < -0.39 is 23.8 Å². The minimum absolute atomic E-state index is 0.395. The van der Waals surface area contributed by atoms with Crippen LogP contribution in [0.1, 0.15) is 13.3 Å². The van der Waals surface area contributed by atoms with Crippen molar-refractivity contribution in [3.05, 3.63) is 49.1 Å². The van der Waals surface area contributed by atoms with Crippen LogP contribution in [0.2, 0.25) is 0 Å². The third kappa shape index (κ3) is 3.69. The molecule has 26 heavy (non-hydrogen) atoms. The summed E-state index contributed by atoms with van der Waals surface area (Å²) in [6, 6.07) is 7.77. The zero-order valence-corrected chi connectivity index (χ0v) is 14.3. The second kappa shape index (κ2) is 7.73. The van der Waals surface area contributed by atoms with Gasteiger partial charge in [0, 0.05) is 31.2 Å². The molecule has 2 heterocycles. The summed E-state index contributed by atoms with van der Waals surface area (Å²) in [5.74, 6) is -2.31. The number of rotatable bonds is 6. The molecule has 2 aromatic rings. The number of carbonyl (C=O) groups is 3. The maximum Gasteiger partial charge on any atom is 0.335 e. The fraction of sp³-hybridized carbons (Fsp3) is 0.278. The first-order chi connectivity index (χ1) is 12.6. The van der Waals surface area contributed by atoms with Crippen LogP contribution in [0.5, 0.6) is 0 Å². The van der Waals surface area contributed by atoms with Crippen molar-refractivity contribution < 1.29 is 14.4 Å². The van der Waals surface area contributed by atoms with Crippen molar-refractivity contribution in [3.8, 4) is 0 Å². The van der Waals surface area contributed by atoms with E-state index in [4.69, 9.17) is 0 Å². The molecule has 1 aromatic carbocycles. The Hall–Kier alpha value is -3.29. The Morgan fingerprint density at radius 2 is 2.00 bits per heavy atom. The summed E-state index contributed by atoms with van der Waals surface area (Å²) in [5.41, 5.74) is 0.812. The largest absolute Gasteiger partial charge is 0.337 e. The SMILES string of the molecule is CC(=NCCCn1ccnc1)C1C(=O)NC(=O)N(c2ccccc2)C1=O. The molecule has 1 atom stereocenters. The smallest absolute Gasteiger partial charge is 0.335 e. The summed E-state index contributed by atoms with van der Waals surface area (Å²) in [4.78, 5) is 46.4. The van der Waals surface area contributed by atoms with Crippen LogP contribution in [0.4, 0.5) is 10.5 Å². The first-order valence-electron chi connectivity index (χ1n) is 8.28. The van der Waals surface area contributed by atoms with Gasteiger partial charge >= 0.3 is 6.03 Å². The van der Waals surface area contributed by atoms with Crippen molar-refractivity contribution in [1.29, 1.82) is 0 Å². The van der Waals surface area contributed by atoms with Gasteiger partial charge in [0.05, 0.1) is 12.0 Å². The number of hydrogen-bond donors (Lipinski definition) is 1. The molecule has 0 radical (unpaired) electrons. The minimum Gasteiger partial charge on any atom is -0.337 e. The molecule has 1 aromatic heterocycles. The molecule has 1 unspecified atom stereocenters. The number of imide groups is 2. The Morgan fingerprint density at radius 1 is 1.23 bits per heavy atom. The highest BCUT2D eigenvalue weighted by molar-refractivity contribution is 6.35. The van der Waals surface area contributed by atoms with Crippen LogP contribution in [0, 0.1) is 5.92 Å². The Bertz CT molecular complexity index is 830. The number of anilines is 1. The van der Waals surface area contributed by atoms with Gasteiger partial charge in [-0.2, -0.15) is 0 Å². The van der Waals surface area contributed by atoms with Crippen LogP contribution in [-0.4, -0.2) is 39.7 Å². The summed E-state index contributed by atoms with van der Waals surface area (Å²) in [6.07, 6.45) is 6.03. The van der Waals surface area contributed by atoms with Crippen molar-refractivity contribution in [2.45, 2.75) is 19.9 Å². The van der Waals surface area contributed by atoms with Gasteiger partial charge in [0.15, 0.2) is 5.92 Å². The molecule has 1 aliphatic rings. The molecule has 1 saturated heterocycles. The number of nitrogens with one attached hydrogen (secondary N) is 1. The number of carbonyl (C=O) groups excluding carboxylic acids is 3. The van der Waals surface area contributed by atoms with E-state index in [0.29, 0.717) is 17.9 Å². The molecule has 1 aliphatic heterocycles. The van der Waals surface area contributed by atoms with Gasteiger partial charge in [-0.3, -0.25) is 19.9 Å². The Kier molecular flexibility index (Phi) is 5.21. The lowest BCUT2D eigenvalue weighted by Crippen LogP contribution is -2.60. The fourth-order valence-electron chi connectivity index (χ4n) is 2.78. The van der Waals surface area contributed by atoms with E-state index in [1.165, 1.54) is 0 Å². The number of imidazole rings is 1. The standard InChI is InChI=1S/C18H19N5O3/c1-13(20-8-5-10-22-11-9-19-12-22)15-16(24)21-18(26)23(17(15)25)14-6-3-2-4-7-14/h2-4,6-7,9,11-12,15H,5,8,10H2,1H3,(H,21,24,26). The van der Waals surface area contributed by atoms with Gasteiger partial charge in [-0.05, 0) is 25.5 Å². The number of nitrogens with zero attached hydrogens (tertiary/aromatic N) is 4. The van der Waals surface area contributed by atoms with Crippen molar-refractivity contribution in [3.63, 3.8) is 0 Å². The lowest BCUT2D eigenvalue weighted by atomic mass is 9.99. The maximum atomic E-state index is 12.8. The van der Waals surface area contributed by atoms with Crippen molar-refractivity contribution in [2.24, 2.45) is 10.9 Å². The molecule has 8 heteroatoms. The van der Waals surface area contributed by atoms with Gasteiger partial charge in [0.25, 0.3) is 5.91 Å². The molecule has 0 aliphatic carbocycles. The summed E-state index contributed by atoms with van der Waals surface area (Å²) >= 11 is 0. The average Bonchev–Trinajstić information content (AvgIpc) is 3.12. The minimum atomic E-state index is -1.10. The first-order valence-corrected chi connectivity index (χ1v) is 8.28. The van der Waals surface area contributed by atoms with Crippen LogP contribution in [-0.2, 0) is 16.1 Å². The van der Waals surface area contributed by atoms with Gasteiger partial charge in [-0.25, -0.2) is 14.7 Å². The Labute approximate surface area is 150 Å². The van der Waals surface area contributed by atoms with E-state index in [0.717, 1.165) is 17.9 Å². The molecule has 8 nitrogen and oxygen atoms in total. The molecule has 134 valence electrons. The highest BCUT2D eigenvalue weighted by atomic mass is 16.2. The van der Waals surface area contributed by atoms with Crippen molar-refractivity contribution in [1.82, 2.24) is 14.9 Å². The highest BCUT2D eigenvalue weighted by Gasteiger charge is 2.42. The summed E-state index contributed by atoms with van der Waals surface area (Å²) in [5, 5.41) is 2.24. The van der Waals surface area contributed by atoms with Crippen molar-refractivity contribution in [2.75, 3.05) is 11.4 Å². The Balaban J connectivity index is 1.70. The third-order valence-corrected chi connectivity index (χ3v) is 4.09. The number of aryl methyl sites for hydroxylation is 1. The number of aromatic nitrogens is 2. The molecular formula is C18H19N5O3. The normalized spacial score (nSPS) is 18.2. The summed E-state index contributed by atoms with van der Waals surface area (Å²) in [7, 11) is 0. The number of benzene rings is 1. The molecule has 0 bridgehead atoms. The maximum absolute atomic E-state index is 12.8. The number of hydrogen-bond acceptors (Lipinski definition) is 5. The molecule has 0 spiro atoms. The van der Waals surface area contributed by atoms with Gasteiger partial charge in [0.1, 0.15) is 0 Å². The lowest BCUT2D eigenvalue weighted by molar-refractivity contribution is -0.131. The van der Waals surface area contributed by atoms with Crippen LogP contribution in [0.25, 0.3) is 0 Å². The predicted octanol–water partition coefficient (Wildman–Crippen LogP) is 1.63. The van der Waals surface area contributed by atoms with E-state index in [1.807, 2.05) is 10.8 Å². The van der Waals surface area contributed by atoms with Crippen LogP contribution in [0.15, 0.2) is 54.0 Å². The van der Waals surface area contributed by atoms with Crippen molar-refractivity contribution >= 4 is 29.2 Å². The van der Waals surface area contributed by atoms with Gasteiger partial charge < -0.3 is 4.57 Å². The third-order valence-electron chi connectivity index (χ3n) is 4.09. The quantitative estimate of drug-likeness (QED) is 0.485. The van der Waals surface area contributed by atoms with E-state index in [9.17, 15) is 14.4 Å². The van der Waals surface area contributed by atoms with Crippen LogP contribution < -0.4 is 10.2 Å². The van der Waals surface area contributed by atoms with E-state index in [2.05, 4.69) is 15.3 Å². The number of urea groups is 1. The molecule has 1 N–H and O–H groups in total. The number of barbiturate groups is 1. The summed E-state index contributed by atoms with van der Waals surface area (Å²) < 4.78 is 1.93. The highest BCUT2D eigenvalue weighted by Crippen LogP contribution is 2.21. The number of aliphatic imine (C=N–C) groups is 1. The lowest BCUT2D eigenvalue weighted by Gasteiger charge is -2.30. The van der Waals surface area contributed by atoms with Gasteiger partial charge in [-0.1, -0.05) is 18.2 Å². The predicted molar refractivity (Wildman–Crippen MR) is 95.8 cm³/mol. The zero-order chi connectivity index (χ0) is 18.5. The van der Waals surface area contributed by atoms with Crippen LogP contribution in [0.3, 0.4) is 0 Å². The monoisotopic (exact) mass is 353 g/mol. The molecule has 0 saturated carbocycles. The summed E-state index contributed by atoms with van der Waals surface area (Å²) in [6.45, 7) is 2.86. The molecule has 1 fully saturated rings. The zero-order valence-electron chi connectivity index (χ0n) is 14.3. The Morgan fingerprint density at radius 3 is 2.69 bits per heavy atom. The topological polar surface area (TPSA) is 96.7 Å². The van der Waals surface area contributed by atoms with Gasteiger partial charge in [0.2, 0.25) is 5.91 Å². The van der Waals surface area contributed by atoms with Gasteiger partial charge in [-0.15, -0.1) is 0 Å². The second-order valence-corrected chi connectivity index (χ2v) is 5.91. The number of para-hydroxylation sites is 1. The van der Waals surface area contributed by atoms with E-state index >= 15 is 0 Å².